The number of piperidine rings is 1. The molecule has 1 fully saturated rings. The van der Waals surface area contributed by atoms with Crippen LogP contribution in [0.3, 0.4) is 0 Å². The molecular weight excluding hydrogens is 259 g/mol. The Balaban J connectivity index is 1.70. The van der Waals surface area contributed by atoms with Crippen LogP contribution in [0, 0.1) is 11.7 Å². The molecule has 1 atom stereocenters. The summed E-state index contributed by atoms with van der Waals surface area (Å²) in [7, 11) is 0. The molecule has 1 saturated heterocycles. The molecule has 2 N–H and O–H groups in total. The Morgan fingerprint density at radius 3 is 3.15 bits per heavy atom. The summed E-state index contributed by atoms with van der Waals surface area (Å²) in [6.45, 7) is 2.84. The van der Waals surface area contributed by atoms with Crippen molar-refractivity contribution < 1.29 is 4.39 Å². The minimum atomic E-state index is -0.259. The van der Waals surface area contributed by atoms with Gasteiger partial charge in [-0.05, 0) is 60.5 Å². The lowest BCUT2D eigenvalue weighted by Crippen LogP contribution is -2.33. The monoisotopic (exact) mass is 276 g/mol. The number of hydrogen-bond donors (Lipinski definition) is 2. The van der Waals surface area contributed by atoms with Crippen molar-refractivity contribution in [1.82, 2.24) is 25.5 Å². The number of anilines is 1. The maximum Gasteiger partial charge on any atom is 0.146 e. The molecule has 6 nitrogen and oxygen atoms in total. The number of nitrogens with one attached hydrogen (secondary N) is 2. The minimum Gasteiger partial charge on any atom is -0.382 e. The molecule has 1 unspecified atom stereocenters. The number of halogens is 1. The van der Waals surface area contributed by atoms with E-state index in [-0.39, 0.29) is 5.82 Å². The SMILES string of the molecule is Fc1ccc(-n2cnnn2)cc1NCC1CCCNC1. The first-order valence-electron chi connectivity index (χ1n) is 6.80. The Kier molecular flexibility index (Phi) is 3.87. The van der Waals surface area contributed by atoms with E-state index in [2.05, 4.69) is 26.2 Å². The molecule has 0 bridgehead atoms. The molecule has 1 aliphatic heterocycles. The van der Waals surface area contributed by atoms with Gasteiger partial charge in [0.1, 0.15) is 12.1 Å². The molecule has 2 aromatic rings. The fourth-order valence-corrected chi connectivity index (χ4v) is 2.42. The van der Waals surface area contributed by atoms with Crippen LogP contribution in [-0.2, 0) is 0 Å². The largest absolute Gasteiger partial charge is 0.382 e. The molecule has 3 rings (SSSR count). The summed E-state index contributed by atoms with van der Waals surface area (Å²) in [6.07, 6.45) is 3.84. The third-order valence-electron chi connectivity index (χ3n) is 3.54. The molecule has 2 heterocycles. The van der Waals surface area contributed by atoms with E-state index >= 15 is 0 Å². The molecule has 106 valence electrons. The number of benzene rings is 1. The molecule has 0 spiro atoms. The molecule has 0 saturated carbocycles. The van der Waals surface area contributed by atoms with Gasteiger partial charge >= 0.3 is 0 Å². The molecule has 0 radical (unpaired) electrons. The molecule has 1 aliphatic rings. The second-order valence-corrected chi connectivity index (χ2v) is 5.01. The van der Waals surface area contributed by atoms with Crippen LogP contribution in [0.25, 0.3) is 5.69 Å². The van der Waals surface area contributed by atoms with Crippen molar-refractivity contribution in [1.29, 1.82) is 0 Å². The second-order valence-electron chi connectivity index (χ2n) is 5.01. The number of aromatic nitrogens is 4. The predicted octanol–water partition coefficient (Wildman–Crippen LogP) is 1.21. The summed E-state index contributed by atoms with van der Waals surface area (Å²) < 4.78 is 15.3. The standard InChI is InChI=1S/C13H17FN6/c14-12-4-3-11(20-9-17-18-19-20)6-13(12)16-8-10-2-1-5-15-7-10/h3-4,6,9-10,15-16H,1-2,5,7-8H2. The highest BCUT2D eigenvalue weighted by molar-refractivity contribution is 5.52. The Hall–Kier alpha value is -2.02. The van der Waals surface area contributed by atoms with E-state index in [0.29, 0.717) is 11.6 Å². The van der Waals surface area contributed by atoms with Gasteiger partial charge < -0.3 is 10.6 Å². The van der Waals surface area contributed by atoms with Gasteiger partial charge in [0.25, 0.3) is 0 Å². The van der Waals surface area contributed by atoms with Crippen molar-refractivity contribution >= 4 is 5.69 Å². The van der Waals surface area contributed by atoms with Crippen LogP contribution in [0.4, 0.5) is 10.1 Å². The summed E-state index contributed by atoms with van der Waals surface area (Å²) >= 11 is 0. The highest BCUT2D eigenvalue weighted by Crippen LogP contribution is 2.19. The van der Waals surface area contributed by atoms with Crippen molar-refractivity contribution in [2.45, 2.75) is 12.8 Å². The second kappa shape index (κ2) is 5.96. The van der Waals surface area contributed by atoms with Gasteiger partial charge in [0.2, 0.25) is 0 Å². The zero-order valence-electron chi connectivity index (χ0n) is 11.1. The van der Waals surface area contributed by atoms with Crippen LogP contribution < -0.4 is 10.6 Å². The lowest BCUT2D eigenvalue weighted by Gasteiger charge is -2.23. The molecule has 20 heavy (non-hydrogen) atoms. The van der Waals surface area contributed by atoms with Crippen molar-refractivity contribution in [3.8, 4) is 5.69 Å². The number of nitrogens with zero attached hydrogens (tertiary/aromatic N) is 4. The van der Waals surface area contributed by atoms with Crippen LogP contribution in [0.2, 0.25) is 0 Å². The first-order valence-corrected chi connectivity index (χ1v) is 6.80. The average molecular weight is 276 g/mol. The van der Waals surface area contributed by atoms with Crippen molar-refractivity contribution in [3.05, 3.63) is 30.3 Å². The van der Waals surface area contributed by atoms with Crippen LogP contribution in [-0.4, -0.2) is 39.8 Å². The molecule has 7 heteroatoms. The lowest BCUT2D eigenvalue weighted by molar-refractivity contribution is 0.392. The fourth-order valence-electron chi connectivity index (χ4n) is 2.42. The van der Waals surface area contributed by atoms with E-state index in [9.17, 15) is 4.39 Å². The van der Waals surface area contributed by atoms with Crippen LogP contribution in [0.1, 0.15) is 12.8 Å². The summed E-state index contributed by atoms with van der Waals surface area (Å²) in [5.41, 5.74) is 1.23. The average Bonchev–Trinajstić information content (AvgIpc) is 3.02. The van der Waals surface area contributed by atoms with E-state index in [4.69, 9.17) is 0 Å². The quantitative estimate of drug-likeness (QED) is 0.878. The van der Waals surface area contributed by atoms with Gasteiger partial charge in [-0.2, -0.15) is 0 Å². The van der Waals surface area contributed by atoms with Gasteiger partial charge in [0, 0.05) is 6.54 Å². The highest BCUT2D eigenvalue weighted by Gasteiger charge is 2.13. The molecule has 0 aliphatic carbocycles. The number of tetrazole rings is 1. The Labute approximate surface area is 116 Å². The third-order valence-corrected chi connectivity index (χ3v) is 3.54. The Bertz CT molecular complexity index is 550. The van der Waals surface area contributed by atoms with Crippen molar-refractivity contribution in [2.75, 3.05) is 25.0 Å². The molecule has 1 aromatic heterocycles. The summed E-state index contributed by atoms with van der Waals surface area (Å²) in [5.74, 6) is 0.283. The van der Waals surface area contributed by atoms with Crippen molar-refractivity contribution in [2.24, 2.45) is 5.92 Å². The Morgan fingerprint density at radius 2 is 2.40 bits per heavy atom. The first-order chi connectivity index (χ1) is 9.83. The van der Waals surface area contributed by atoms with E-state index in [1.165, 1.54) is 29.9 Å². The Morgan fingerprint density at radius 1 is 1.45 bits per heavy atom. The van der Waals surface area contributed by atoms with Crippen LogP contribution >= 0.6 is 0 Å². The van der Waals surface area contributed by atoms with E-state index < -0.39 is 0 Å². The van der Waals surface area contributed by atoms with Crippen LogP contribution in [0.15, 0.2) is 24.5 Å². The lowest BCUT2D eigenvalue weighted by atomic mass is 10.00. The maximum atomic E-state index is 13.8. The van der Waals surface area contributed by atoms with Gasteiger partial charge in [0.15, 0.2) is 0 Å². The fraction of sp³-hybridized carbons (Fsp3) is 0.462. The zero-order chi connectivity index (χ0) is 13.8. The molecule has 1 aromatic carbocycles. The van der Waals surface area contributed by atoms with Gasteiger partial charge in [-0.25, -0.2) is 9.07 Å². The number of rotatable bonds is 4. The van der Waals surface area contributed by atoms with Crippen LogP contribution in [0.5, 0.6) is 0 Å². The van der Waals surface area contributed by atoms with Gasteiger partial charge in [-0.15, -0.1) is 5.10 Å². The van der Waals surface area contributed by atoms with E-state index in [1.807, 2.05) is 0 Å². The smallest absolute Gasteiger partial charge is 0.146 e. The predicted molar refractivity (Wildman–Crippen MR) is 73.2 cm³/mol. The topological polar surface area (TPSA) is 67.7 Å². The van der Waals surface area contributed by atoms with Gasteiger partial charge in [-0.1, -0.05) is 0 Å². The molecular formula is C13H17FN6. The van der Waals surface area contributed by atoms with Crippen molar-refractivity contribution in [3.63, 3.8) is 0 Å². The normalized spacial score (nSPS) is 18.9. The maximum absolute atomic E-state index is 13.8. The third kappa shape index (κ3) is 2.93. The summed E-state index contributed by atoms with van der Waals surface area (Å²) in [4.78, 5) is 0. The molecule has 0 amide bonds. The van der Waals surface area contributed by atoms with Gasteiger partial charge in [0.05, 0.1) is 11.4 Å². The van der Waals surface area contributed by atoms with Gasteiger partial charge in [-0.3, -0.25) is 0 Å². The summed E-state index contributed by atoms with van der Waals surface area (Å²) in [6, 6.07) is 4.81. The van der Waals surface area contributed by atoms with E-state index in [1.54, 1.807) is 12.1 Å². The highest BCUT2D eigenvalue weighted by atomic mass is 19.1. The summed E-state index contributed by atoms with van der Waals surface area (Å²) in [5, 5.41) is 17.5. The van der Waals surface area contributed by atoms with E-state index in [0.717, 1.165) is 25.3 Å². The minimum absolute atomic E-state index is 0.259. The number of hydrogen-bond acceptors (Lipinski definition) is 5. The zero-order valence-corrected chi connectivity index (χ0v) is 11.1. The first kappa shape index (κ1) is 13.0.